The molecule has 1 unspecified atom stereocenters. The van der Waals surface area contributed by atoms with Crippen molar-refractivity contribution in [1.29, 1.82) is 0 Å². The first-order valence-electron chi connectivity index (χ1n) is 9.26. The number of morpholine rings is 1. The third-order valence-electron chi connectivity index (χ3n) is 4.71. The van der Waals surface area contributed by atoms with E-state index in [1.54, 1.807) is 11.5 Å². The summed E-state index contributed by atoms with van der Waals surface area (Å²) in [6.07, 6.45) is 2.44. The van der Waals surface area contributed by atoms with E-state index in [1.165, 1.54) is 0 Å². The van der Waals surface area contributed by atoms with Gasteiger partial charge >= 0.3 is 5.97 Å². The normalized spacial score (nSPS) is 20.8. The number of ether oxygens (including phenoxy) is 3. The van der Waals surface area contributed by atoms with Gasteiger partial charge in [0.05, 0.1) is 19.8 Å². The van der Waals surface area contributed by atoms with Crippen LogP contribution in [0.3, 0.4) is 0 Å². The molecule has 9 nitrogen and oxygen atoms in total. The van der Waals surface area contributed by atoms with Crippen LogP contribution in [-0.2, 0) is 14.2 Å². The van der Waals surface area contributed by atoms with E-state index in [9.17, 15) is 4.79 Å². The molecule has 10 heteroatoms. The zero-order chi connectivity index (χ0) is 18.8. The lowest BCUT2D eigenvalue weighted by Crippen LogP contribution is -2.37. The molecule has 1 atom stereocenters. The Labute approximate surface area is 161 Å². The van der Waals surface area contributed by atoms with Gasteiger partial charge in [-0.1, -0.05) is 0 Å². The number of halogens is 1. The molecule has 0 amide bonds. The maximum atomic E-state index is 12.6. The van der Waals surface area contributed by atoms with Gasteiger partial charge < -0.3 is 19.1 Å². The summed E-state index contributed by atoms with van der Waals surface area (Å²) < 4.78 is 18.2. The maximum Gasteiger partial charge on any atom is 0.374 e. The Bertz CT molecular complexity index is 830. The lowest BCUT2D eigenvalue weighted by Gasteiger charge is -2.28. The summed E-state index contributed by atoms with van der Waals surface area (Å²) in [6, 6.07) is 0. The van der Waals surface area contributed by atoms with E-state index in [0.717, 1.165) is 19.3 Å². The molecule has 2 aliphatic rings. The molecule has 27 heavy (non-hydrogen) atoms. The number of carbonyl (C=O) groups is 1. The third-order valence-corrected chi connectivity index (χ3v) is 4.88. The van der Waals surface area contributed by atoms with E-state index >= 15 is 0 Å². The number of fused-ring (bicyclic) bond motifs is 1. The minimum absolute atomic E-state index is 0.108. The molecule has 2 saturated heterocycles. The van der Waals surface area contributed by atoms with Gasteiger partial charge in [-0.2, -0.15) is 9.97 Å². The summed E-state index contributed by atoms with van der Waals surface area (Å²) in [5.41, 5.74) is 1.02. The summed E-state index contributed by atoms with van der Waals surface area (Å²) >= 11 is 6.23. The topological polar surface area (TPSA) is 91.6 Å². The van der Waals surface area contributed by atoms with E-state index in [1.807, 2.05) is 4.90 Å². The molecule has 2 fully saturated rings. The standard InChI is InChI=1S/C17H22ClN5O4/c1-2-26-16(24)15-19-12-13(22-6-9-25-10-7-22)20-17(18)21-14(12)23(15)11-5-3-4-8-27-11/h11H,2-10H2,1H3. The second kappa shape index (κ2) is 7.95. The molecule has 0 aliphatic carbocycles. The first-order valence-corrected chi connectivity index (χ1v) is 9.63. The second-order valence-corrected chi connectivity index (χ2v) is 6.77. The van der Waals surface area contributed by atoms with Crippen molar-refractivity contribution in [2.24, 2.45) is 0 Å². The molecular weight excluding hydrogens is 374 g/mol. The average molecular weight is 396 g/mol. The molecule has 4 rings (SSSR count). The predicted octanol–water partition coefficient (Wildman–Crippen LogP) is 2.19. The second-order valence-electron chi connectivity index (χ2n) is 6.43. The molecule has 0 aromatic carbocycles. The Kier molecular flexibility index (Phi) is 5.42. The molecular formula is C17H22ClN5O4. The van der Waals surface area contributed by atoms with Gasteiger partial charge in [-0.3, -0.25) is 4.57 Å². The van der Waals surface area contributed by atoms with Crippen LogP contribution >= 0.6 is 11.6 Å². The number of imidazole rings is 1. The lowest BCUT2D eigenvalue weighted by atomic mass is 10.2. The van der Waals surface area contributed by atoms with Crippen LogP contribution in [0.25, 0.3) is 11.2 Å². The van der Waals surface area contributed by atoms with Crippen molar-refractivity contribution < 1.29 is 19.0 Å². The number of hydrogen-bond donors (Lipinski definition) is 0. The fraction of sp³-hybridized carbons (Fsp3) is 0.647. The summed E-state index contributed by atoms with van der Waals surface area (Å²) in [5, 5.41) is 0.108. The van der Waals surface area contributed by atoms with E-state index in [4.69, 9.17) is 25.8 Å². The Morgan fingerprint density at radius 1 is 1.22 bits per heavy atom. The van der Waals surface area contributed by atoms with Gasteiger partial charge in [0.25, 0.3) is 0 Å². The number of aromatic nitrogens is 4. The van der Waals surface area contributed by atoms with Crippen LogP contribution in [0.15, 0.2) is 0 Å². The van der Waals surface area contributed by atoms with Crippen molar-refractivity contribution >= 4 is 34.6 Å². The highest BCUT2D eigenvalue weighted by Crippen LogP contribution is 2.32. The van der Waals surface area contributed by atoms with Crippen LogP contribution in [0.1, 0.15) is 43.0 Å². The fourth-order valence-corrected chi connectivity index (χ4v) is 3.63. The van der Waals surface area contributed by atoms with Crippen molar-refractivity contribution in [3.8, 4) is 0 Å². The van der Waals surface area contributed by atoms with E-state index in [0.29, 0.717) is 49.9 Å². The molecule has 0 spiro atoms. The largest absolute Gasteiger partial charge is 0.460 e. The minimum Gasteiger partial charge on any atom is -0.460 e. The first-order chi connectivity index (χ1) is 13.2. The van der Waals surface area contributed by atoms with Crippen LogP contribution in [-0.4, -0.2) is 65.0 Å². The van der Waals surface area contributed by atoms with Crippen LogP contribution in [0, 0.1) is 0 Å². The van der Waals surface area contributed by atoms with Crippen molar-refractivity contribution in [3.05, 3.63) is 11.1 Å². The zero-order valence-corrected chi connectivity index (χ0v) is 15.9. The lowest BCUT2D eigenvalue weighted by molar-refractivity contribution is -0.0321. The quantitative estimate of drug-likeness (QED) is 0.574. The van der Waals surface area contributed by atoms with Crippen molar-refractivity contribution in [3.63, 3.8) is 0 Å². The highest BCUT2D eigenvalue weighted by Gasteiger charge is 2.30. The Hall–Kier alpha value is -1.97. The molecule has 0 N–H and O–H groups in total. The van der Waals surface area contributed by atoms with Gasteiger partial charge in [0.15, 0.2) is 17.0 Å². The molecule has 0 saturated carbocycles. The Balaban J connectivity index is 1.87. The molecule has 0 bridgehead atoms. The zero-order valence-electron chi connectivity index (χ0n) is 15.2. The highest BCUT2D eigenvalue weighted by atomic mass is 35.5. The summed E-state index contributed by atoms with van der Waals surface area (Å²) in [4.78, 5) is 28.0. The van der Waals surface area contributed by atoms with Gasteiger partial charge in [-0.25, -0.2) is 9.78 Å². The van der Waals surface area contributed by atoms with Crippen LogP contribution in [0.4, 0.5) is 5.82 Å². The monoisotopic (exact) mass is 395 g/mol. The summed E-state index contributed by atoms with van der Waals surface area (Å²) in [5.74, 6) is 0.270. The summed E-state index contributed by atoms with van der Waals surface area (Å²) in [6.45, 7) is 5.18. The molecule has 2 aromatic rings. The SMILES string of the molecule is CCOC(=O)c1nc2c(N3CCOCC3)nc(Cl)nc2n1C1CCCCO1. The van der Waals surface area contributed by atoms with Crippen LogP contribution < -0.4 is 4.90 Å². The maximum absolute atomic E-state index is 12.6. The number of hydrogen-bond acceptors (Lipinski definition) is 8. The van der Waals surface area contributed by atoms with Gasteiger partial charge in [0, 0.05) is 19.7 Å². The highest BCUT2D eigenvalue weighted by molar-refractivity contribution is 6.28. The number of esters is 1. The fourth-order valence-electron chi connectivity index (χ4n) is 3.47. The Morgan fingerprint density at radius 3 is 2.74 bits per heavy atom. The van der Waals surface area contributed by atoms with Gasteiger partial charge in [0.2, 0.25) is 11.1 Å². The van der Waals surface area contributed by atoms with Crippen molar-refractivity contribution in [2.45, 2.75) is 32.4 Å². The Morgan fingerprint density at radius 2 is 2.04 bits per heavy atom. The van der Waals surface area contributed by atoms with Crippen LogP contribution in [0.2, 0.25) is 5.28 Å². The number of rotatable bonds is 4. The number of carbonyl (C=O) groups excluding carboxylic acids is 1. The molecule has 2 aliphatic heterocycles. The van der Waals surface area contributed by atoms with E-state index in [2.05, 4.69) is 15.0 Å². The van der Waals surface area contributed by atoms with Gasteiger partial charge in [-0.15, -0.1) is 0 Å². The predicted molar refractivity (Wildman–Crippen MR) is 98.2 cm³/mol. The van der Waals surface area contributed by atoms with E-state index in [-0.39, 0.29) is 23.9 Å². The average Bonchev–Trinajstić information content (AvgIpc) is 3.08. The smallest absolute Gasteiger partial charge is 0.374 e. The van der Waals surface area contributed by atoms with Crippen molar-refractivity contribution in [1.82, 2.24) is 19.5 Å². The summed E-state index contributed by atoms with van der Waals surface area (Å²) in [7, 11) is 0. The molecule has 0 radical (unpaired) electrons. The third kappa shape index (κ3) is 3.59. The number of anilines is 1. The minimum atomic E-state index is -0.506. The molecule has 146 valence electrons. The van der Waals surface area contributed by atoms with E-state index < -0.39 is 5.97 Å². The van der Waals surface area contributed by atoms with Gasteiger partial charge in [-0.05, 0) is 37.8 Å². The molecule has 4 heterocycles. The molecule has 2 aromatic heterocycles. The van der Waals surface area contributed by atoms with Crippen molar-refractivity contribution in [2.75, 3.05) is 44.4 Å². The van der Waals surface area contributed by atoms with Gasteiger partial charge in [0.1, 0.15) is 6.23 Å². The first kappa shape index (κ1) is 18.4. The number of nitrogens with zero attached hydrogens (tertiary/aromatic N) is 5. The van der Waals surface area contributed by atoms with Crippen LogP contribution in [0.5, 0.6) is 0 Å².